The Labute approximate surface area is 105 Å². The molecule has 0 fully saturated rings. The molecule has 1 atom stereocenters. The highest BCUT2D eigenvalue weighted by Crippen LogP contribution is 2.31. The zero-order valence-electron chi connectivity index (χ0n) is 7.56. The van der Waals surface area contributed by atoms with Crippen molar-refractivity contribution in [2.24, 2.45) is 0 Å². The van der Waals surface area contributed by atoms with Crippen LogP contribution in [0, 0.1) is 0 Å². The van der Waals surface area contributed by atoms with Crippen LogP contribution in [0.4, 0.5) is 0 Å². The van der Waals surface area contributed by atoms with Crippen molar-refractivity contribution in [3.8, 4) is 0 Å². The molecule has 1 unspecified atom stereocenters. The first kappa shape index (κ1) is 12.2. The summed E-state index contributed by atoms with van der Waals surface area (Å²) in [6.45, 7) is 1.54. The van der Waals surface area contributed by atoms with Crippen molar-refractivity contribution in [3.05, 3.63) is 34.3 Å². The zero-order valence-corrected chi connectivity index (χ0v) is 11.5. The average molecular weight is 340 g/mol. The number of Topliss-reactive ketones (excluding diaryl/α,β-unsaturated/α-hetero) is 1. The third-order valence-electron chi connectivity index (χ3n) is 1.85. The van der Waals surface area contributed by atoms with Crippen LogP contribution in [0.2, 0.25) is 5.02 Å². The Bertz CT molecular complexity index is 352. The first-order valence-corrected chi connectivity index (χ1v) is 6.46. The Balaban J connectivity index is 3.05. The summed E-state index contributed by atoms with van der Waals surface area (Å²) in [4.78, 5) is 10.8. The standard InChI is InChI=1S/C10H9Br2ClO/c1-6(14)10(12)8-3-2-7(5-11)4-9(8)13/h2-4,10H,5H2,1H3. The molecular weight excluding hydrogens is 331 g/mol. The Kier molecular flexibility index (Phi) is 4.61. The van der Waals surface area contributed by atoms with E-state index in [2.05, 4.69) is 31.9 Å². The van der Waals surface area contributed by atoms with Gasteiger partial charge in [0, 0.05) is 10.4 Å². The van der Waals surface area contributed by atoms with Crippen LogP contribution in [0.5, 0.6) is 0 Å². The maximum atomic E-state index is 11.1. The van der Waals surface area contributed by atoms with Crippen molar-refractivity contribution >= 4 is 49.2 Å². The van der Waals surface area contributed by atoms with Gasteiger partial charge in [-0.3, -0.25) is 4.79 Å². The van der Waals surface area contributed by atoms with Gasteiger partial charge in [0.25, 0.3) is 0 Å². The highest BCUT2D eigenvalue weighted by Gasteiger charge is 2.15. The van der Waals surface area contributed by atoms with Crippen molar-refractivity contribution < 1.29 is 4.79 Å². The molecule has 0 amide bonds. The molecule has 14 heavy (non-hydrogen) atoms. The van der Waals surface area contributed by atoms with Gasteiger partial charge in [0.15, 0.2) is 0 Å². The minimum atomic E-state index is -0.306. The van der Waals surface area contributed by atoms with Gasteiger partial charge in [0.05, 0.1) is 4.83 Å². The van der Waals surface area contributed by atoms with Gasteiger partial charge >= 0.3 is 0 Å². The largest absolute Gasteiger partial charge is 0.298 e. The molecule has 0 aliphatic rings. The van der Waals surface area contributed by atoms with Gasteiger partial charge in [-0.05, 0) is 24.1 Å². The number of carbonyl (C=O) groups is 1. The lowest BCUT2D eigenvalue weighted by Gasteiger charge is -2.09. The molecule has 0 aliphatic heterocycles. The van der Waals surface area contributed by atoms with E-state index in [9.17, 15) is 4.79 Å². The third-order valence-corrected chi connectivity index (χ3v) is 3.96. The van der Waals surface area contributed by atoms with Crippen molar-refractivity contribution in [1.82, 2.24) is 0 Å². The predicted molar refractivity (Wildman–Crippen MR) is 66.4 cm³/mol. The Morgan fingerprint density at radius 2 is 2.21 bits per heavy atom. The van der Waals surface area contributed by atoms with Crippen LogP contribution >= 0.6 is 43.5 Å². The van der Waals surface area contributed by atoms with Gasteiger partial charge in [0.2, 0.25) is 0 Å². The van der Waals surface area contributed by atoms with Gasteiger partial charge in [-0.2, -0.15) is 0 Å². The second-order valence-corrected chi connectivity index (χ2v) is 4.85. The summed E-state index contributed by atoms with van der Waals surface area (Å²) in [5.74, 6) is 0.0542. The number of benzene rings is 1. The predicted octanol–water partition coefficient (Wildman–Crippen LogP) is 4.26. The highest BCUT2D eigenvalue weighted by molar-refractivity contribution is 9.09. The van der Waals surface area contributed by atoms with Crippen LogP contribution in [0.15, 0.2) is 18.2 Å². The van der Waals surface area contributed by atoms with Crippen LogP contribution in [0.1, 0.15) is 22.9 Å². The van der Waals surface area contributed by atoms with E-state index < -0.39 is 0 Å². The van der Waals surface area contributed by atoms with Crippen molar-refractivity contribution in [3.63, 3.8) is 0 Å². The van der Waals surface area contributed by atoms with Crippen molar-refractivity contribution in [2.75, 3.05) is 0 Å². The van der Waals surface area contributed by atoms with Crippen molar-refractivity contribution in [1.29, 1.82) is 0 Å². The molecule has 0 bridgehead atoms. The lowest BCUT2D eigenvalue weighted by atomic mass is 10.1. The normalized spacial score (nSPS) is 12.6. The smallest absolute Gasteiger partial charge is 0.147 e. The fourth-order valence-corrected chi connectivity index (χ4v) is 2.27. The van der Waals surface area contributed by atoms with E-state index in [1.165, 1.54) is 6.92 Å². The Morgan fingerprint density at radius 1 is 1.57 bits per heavy atom. The molecule has 0 saturated heterocycles. The summed E-state index contributed by atoms with van der Waals surface area (Å²) in [7, 11) is 0. The number of hydrogen-bond acceptors (Lipinski definition) is 1. The summed E-state index contributed by atoms with van der Waals surface area (Å²) >= 11 is 12.7. The molecule has 1 aromatic rings. The first-order chi connectivity index (χ1) is 6.56. The molecule has 1 nitrogen and oxygen atoms in total. The molecule has 76 valence electrons. The Morgan fingerprint density at radius 3 is 2.64 bits per heavy atom. The number of rotatable bonds is 3. The summed E-state index contributed by atoms with van der Waals surface area (Å²) in [5.41, 5.74) is 1.92. The molecule has 0 saturated carbocycles. The van der Waals surface area contributed by atoms with Crippen LogP contribution in [0.25, 0.3) is 0 Å². The third kappa shape index (κ3) is 2.81. The molecule has 4 heteroatoms. The van der Waals surface area contributed by atoms with E-state index in [0.717, 1.165) is 16.5 Å². The summed E-state index contributed by atoms with van der Waals surface area (Å²) in [6.07, 6.45) is 0. The number of hydrogen-bond donors (Lipinski definition) is 0. The molecule has 1 rings (SSSR count). The second-order valence-electron chi connectivity index (χ2n) is 2.96. The molecular formula is C10H9Br2ClO. The fraction of sp³-hybridized carbons (Fsp3) is 0.300. The summed E-state index contributed by atoms with van der Waals surface area (Å²) < 4.78 is 0. The fourth-order valence-electron chi connectivity index (χ4n) is 1.08. The van der Waals surface area contributed by atoms with Gasteiger partial charge in [0.1, 0.15) is 5.78 Å². The molecule has 0 aromatic heterocycles. The lowest BCUT2D eigenvalue weighted by Crippen LogP contribution is -2.01. The molecule has 0 heterocycles. The first-order valence-electron chi connectivity index (χ1n) is 4.05. The monoisotopic (exact) mass is 338 g/mol. The maximum Gasteiger partial charge on any atom is 0.147 e. The van der Waals surface area contributed by atoms with Gasteiger partial charge in [-0.25, -0.2) is 0 Å². The number of carbonyl (C=O) groups excluding carboxylic acids is 1. The SMILES string of the molecule is CC(=O)C(Br)c1ccc(CBr)cc1Cl. The molecule has 0 spiro atoms. The summed E-state index contributed by atoms with van der Waals surface area (Å²) in [5, 5.41) is 1.39. The van der Waals surface area contributed by atoms with E-state index in [-0.39, 0.29) is 10.6 Å². The van der Waals surface area contributed by atoms with Crippen LogP contribution < -0.4 is 0 Å². The van der Waals surface area contributed by atoms with Gasteiger partial charge in [-0.1, -0.05) is 55.6 Å². The number of ketones is 1. The van der Waals surface area contributed by atoms with Gasteiger partial charge < -0.3 is 0 Å². The minimum absolute atomic E-state index is 0.0542. The van der Waals surface area contributed by atoms with Crippen LogP contribution in [0.3, 0.4) is 0 Å². The second kappa shape index (κ2) is 5.29. The van der Waals surface area contributed by atoms with Crippen LogP contribution in [-0.4, -0.2) is 5.78 Å². The van der Waals surface area contributed by atoms with Crippen LogP contribution in [-0.2, 0) is 10.1 Å². The molecule has 0 N–H and O–H groups in total. The number of alkyl halides is 2. The lowest BCUT2D eigenvalue weighted by molar-refractivity contribution is -0.116. The quantitative estimate of drug-likeness (QED) is 0.752. The molecule has 0 radical (unpaired) electrons. The highest BCUT2D eigenvalue weighted by atomic mass is 79.9. The molecule has 1 aromatic carbocycles. The van der Waals surface area contributed by atoms with E-state index in [1.54, 1.807) is 0 Å². The topological polar surface area (TPSA) is 17.1 Å². The van der Waals surface area contributed by atoms with E-state index in [0.29, 0.717) is 5.02 Å². The van der Waals surface area contributed by atoms with Crippen molar-refractivity contribution in [2.45, 2.75) is 17.1 Å². The van der Waals surface area contributed by atoms with Gasteiger partial charge in [-0.15, -0.1) is 0 Å². The Hall–Kier alpha value is 0.140. The minimum Gasteiger partial charge on any atom is -0.298 e. The van der Waals surface area contributed by atoms with E-state index in [4.69, 9.17) is 11.6 Å². The zero-order chi connectivity index (χ0) is 10.7. The van der Waals surface area contributed by atoms with E-state index in [1.807, 2.05) is 18.2 Å². The number of halogens is 3. The molecule has 0 aliphatic carbocycles. The summed E-state index contributed by atoms with van der Waals surface area (Å²) in [6, 6.07) is 5.69. The maximum absolute atomic E-state index is 11.1. The van der Waals surface area contributed by atoms with E-state index >= 15 is 0 Å². The average Bonchev–Trinajstić information content (AvgIpc) is 2.16.